The van der Waals surface area contributed by atoms with Crippen LogP contribution in [0.5, 0.6) is 0 Å². The summed E-state index contributed by atoms with van der Waals surface area (Å²) in [6, 6.07) is 0. The zero-order valence-electron chi connectivity index (χ0n) is 8.87. The highest BCUT2D eigenvalue weighted by atomic mass is 16.5. The summed E-state index contributed by atoms with van der Waals surface area (Å²) in [5.41, 5.74) is 3.41. The van der Waals surface area contributed by atoms with Gasteiger partial charge in [-0.2, -0.15) is 0 Å². The third kappa shape index (κ3) is 2.92. The predicted molar refractivity (Wildman–Crippen MR) is 54.0 cm³/mol. The molecular formula is C10H20N2O2. The zero-order valence-corrected chi connectivity index (χ0v) is 8.87. The molecule has 0 aromatic rings. The maximum atomic E-state index is 5.73. The second-order valence-corrected chi connectivity index (χ2v) is 4.11. The standard InChI is InChI=1S/C10H20N2O2/c1-9-2-3-10(14-9)8-11-12-4-6-13-7-5-12/h9-11H,2-8H2,1H3. The normalized spacial score (nSPS) is 34.9. The van der Waals surface area contributed by atoms with Crippen LogP contribution >= 0.6 is 0 Å². The van der Waals surface area contributed by atoms with Crippen LogP contribution in [0.2, 0.25) is 0 Å². The maximum Gasteiger partial charge on any atom is 0.0718 e. The lowest BCUT2D eigenvalue weighted by Crippen LogP contribution is -2.48. The first-order valence-corrected chi connectivity index (χ1v) is 5.56. The number of ether oxygens (including phenoxy) is 2. The zero-order chi connectivity index (χ0) is 9.80. The first kappa shape index (κ1) is 10.4. The molecule has 0 radical (unpaired) electrons. The number of hydrogen-bond donors (Lipinski definition) is 1. The fraction of sp³-hybridized carbons (Fsp3) is 1.00. The van der Waals surface area contributed by atoms with Crippen molar-refractivity contribution >= 4 is 0 Å². The molecule has 2 unspecified atom stereocenters. The van der Waals surface area contributed by atoms with Crippen molar-refractivity contribution in [2.24, 2.45) is 0 Å². The van der Waals surface area contributed by atoms with Gasteiger partial charge in [0.15, 0.2) is 0 Å². The Labute approximate surface area is 85.5 Å². The minimum Gasteiger partial charge on any atom is -0.379 e. The van der Waals surface area contributed by atoms with E-state index in [4.69, 9.17) is 9.47 Å². The van der Waals surface area contributed by atoms with Gasteiger partial charge in [0, 0.05) is 19.6 Å². The highest BCUT2D eigenvalue weighted by Crippen LogP contribution is 2.18. The molecule has 82 valence electrons. The van der Waals surface area contributed by atoms with Crippen LogP contribution in [0.4, 0.5) is 0 Å². The number of rotatable bonds is 3. The van der Waals surface area contributed by atoms with Gasteiger partial charge in [-0.3, -0.25) is 5.43 Å². The molecule has 2 fully saturated rings. The molecule has 2 atom stereocenters. The van der Waals surface area contributed by atoms with E-state index in [2.05, 4.69) is 17.4 Å². The lowest BCUT2D eigenvalue weighted by Gasteiger charge is -2.28. The Kier molecular flexibility index (Phi) is 3.75. The van der Waals surface area contributed by atoms with Crippen molar-refractivity contribution in [3.63, 3.8) is 0 Å². The number of morpholine rings is 1. The third-order valence-corrected chi connectivity index (χ3v) is 2.87. The van der Waals surface area contributed by atoms with E-state index in [9.17, 15) is 0 Å². The molecule has 2 saturated heterocycles. The Morgan fingerprint density at radius 2 is 2.07 bits per heavy atom. The molecule has 0 aromatic carbocycles. The van der Waals surface area contributed by atoms with E-state index in [0.29, 0.717) is 12.2 Å². The molecule has 14 heavy (non-hydrogen) atoms. The molecule has 0 amide bonds. The van der Waals surface area contributed by atoms with E-state index in [1.165, 1.54) is 12.8 Å². The smallest absolute Gasteiger partial charge is 0.0718 e. The molecule has 0 aromatic heterocycles. The topological polar surface area (TPSA) is 33.7 Å². The summed E-state index contributed by atoms with van der Waals surface area (Å²) in [4.78, 5) is 0. The minimum absolute atomic E-state index is 0.410. The van der Waals surface area contributed by atoms with Gasteiger partial charge in [0.25, 0.3) is 0 Å². The van der Waals surface area contributed by atoms with E-state index in [1.807, 2.05) is 0 Å². The van der Waals surface area contributed by atoms with Crippen molar-refractivity contribution in [2.45, 2.75) is 32.0 Å². The fourth-order valence-electron chi connectivity index (χ4n) is 1.99. The van der Waals surface area contributed by atoms with Gasteiger partial charge in [-0.15, -0.1) is 0 Å². The lowest BCUT2D eigenvalue weighted by atomic mass is 10.2. The van der Waals surface area contributed by atoms with Gasteiger partial charge in [0.05, 0.1) is 25.4 Å². The summed E-state index contributed by atoms with van der Waals surface area (Å²) < 4.78 is 11.0. The van der Waals surface area contributed by atoms with Crippen molar-refractivity contribution in [1.29, 1.82) is 0 Å². The minimum atomic E-state index is 0.410. The molecule has 4 heteroatoms. The Morgan fingerprint density at radius 1 is 1.29 bits per heavy atom. The Bertz CT molecular complexity index is 167. The van der Waals surface area contributed by atoms with Gasteiger partial charge in [-0.25, -0.2) is 5.01 Å². The number of nitrogens with one attached hydrogen (secondary N) is 1. The largest absolute Gasteiger partial charge is 0.379 e. The van der Waals surface area contributed by atoms with Gasteiger partial charge in [0.1, 0.15) is 0 Å². The number of hydrogen-bond acceptors (Lipinski definition) is 4. The van der Waals surface area contributed by atoms with Gasteiger partial charge < -0.3 is 9.47 Å². The first-order valence-electron chi connectivity index (χ1n) is 5.56. The Hall–Kier alpha value is -0.160. The second-order valence-electron chi connectivity index (χ2n) is 4.11. The van der Waals surface area contributed by atoms with Gasteiger partial charge >= 0.3 is 0 Å². The van der Waals surface area contributed by atoms with Crippen LogP contribution in [0.1, 0.15) is 19.8 Å². The van der Waals surface area contributed by atoms with E-state index in [-0.39, 0.29) is 0 Å². The van der Waals surface area contributed by atoms with Crippen LogP contribution in [-0.2, 0) is 9.47 Å². The summed E-state index contributed by atoms with van der Waals surface area (Å²) in [6.07, 6.45) is 3.26. The monoisotopic (exact) mass is 200 g/mol. The summed E-state index contributed by atoms with van der Waals surface area (Å²) in [5, 5.41) is 2.23. The van der Waals surface area contributed by atoms with Crippen LogP contribution < -0.4 is 5.43 Å². The van der Waals surface area contributed by atoms with Crippen molar-refractivity contribution in [3.8, 4) is 0 Å². The van der Waals surface area contributed by atoms with Crippen LogP contribution in [0, 0.1) is 0 Å². The van der Waals surface area contributed by atoms with Gasteiger partial charge in [-0.05, 0) is 19.8 Å². The molecule has 0 saturated carbocycles. The first-order chi connectivity index (χ1) is 6.84. The molecule has 2 rings (SSSR count). The van der Waals surface area contributed by atoms with Crippen LogP contribution in [0.3, 0.4) is 0 Å². The average Bonchev–Trinajstić information content (AvgIpc) is 2.63. The lowest BCUT2D eigenvalue weighted by molar-refractivity contribution is -0.00666. The average molecular weight is 200 g/mol. The third-order valence-electron chi connectivity index (χ3n) is 2.87. The maximum absolute atomic E-state index is 5.73. The molecule has 2 aliphatic rings. The van der Waals surface area contributed by atoms with Crippen LogP contribution in [-0.4, -0.2) is 50.1 Å². The van der Waals surface area contributed by atoms with Gasteiger partial charge in [0.2, 0.25) is 0 Å². The molecule has 0 spiro atoms. The van der Waals surface area contributed by atoms with E-state index in [1.54, 1.807) is 0 Å². The molecule has 0 bridgehead atoms. The number of nitrogens with zero attached hydrogens (tertiary/aromatic N) is 1. The predicted octanol–water partition coefficient (Wildman–Crippen LogP) is 0.391. The molecule has 1 N–H and O–H groups in total. The SMILES string of the molecule is CC1CCC(CNN2CCOCC2)O1. The van der Waals surface area contributed by atoms with E-state index in [0.717, 1.165) is 32.8 Å². The van der Waals surface area contributed by atoms with Gasteiger partial charge in [-0.1, -0.05) is 0 Å². The van der Waals surface area contributed by atoms with Crippen molar-refractivity contribution in [3.05, 3.63) is 0 Å². The van der Waals surface area contributed by atoms with Crippen molar-refractivity contribution < 1.29 is 9.47 Å². The molecule has 4 nitrogen and oxygen atoms in total. The molecule has 2 heterocycles. The summed E-state index contributed by atoms with van der Waals surface area (Å²) >= 11 is 0. The van der Waals surface area contributed by atoms with Crippen LogP contribution in [0.15, 0.2) is 0 Å². The molecule has 2 aliphatic heterocycles. The Morgan fingerprint density at radius 3 is 2.71 bits per heavy atom. The fourth-order valence-corrected chi connectivity index (χ4v) is 1.99. The summed E-state index contributed by atoms with van der Waals surface area (Å²) in [5.74, 6) is 0. The molecule has 0 aliphatic carbocycles. The Balaban J connectivity index is 1.61. The van der Waals surface area contributed by atoms with Crippen LogP contribution in [0.25, 0.3) is 0 Å². The quantitative estimate of drug-likeness (QED) is 0.714. The van der Waals surface area contributed by atoms with E-state index >= 15 is 0 Å². The summed E-state index contributed by atoms with van der Waals surface area (Å²) in [6.45, 7) is 6.76. The second kappa shape index (κ2) is 5.07. The highest BCUT2D eigenvalue weighted by molar-refractivity contribution is 4.72. The molecular weight excluding hydrogens is 180 g/mol. The van der Waals surface area contributed by atoms with E-state index < -0.39 is 0 Å². The van der Waals surface area contributed by atoms with Crippen molar-refractivity contribution in [1.82, 2.24) is 10.4 Å². The highest BCUT2D eigenvalue weighted by Gasteiger charge is 2.22. The number of hydrazine groups is 1. The summed E-state index contributed by atoms with van der Waals surface area (Å²) in [7, 11) is 0. The van der Waals surface area contributed by atoms with Crippen molar-refractivity contribution in [2.75, 3.05) is 32.8 Å².